The molecule has 0 radical (unpaired) electrons. The summed E-state index contributed by atoms with van der Waals surface area (Å²) in [5.41, 5.74) is 1.13. The van der Waals surface area contributed by atoms with E-state index in [9.17, 15) is 0 Å². The van der Waals surface area contributed by atoms with Crippen molar-refractivity contribution in [3.05, 3.63) is 29.0 Å². The lowest BCUT2D eigenvalue weighted by molar-refractivity contribution is 0.652. The fraction of sp³-hybridized carbons (Fsp3) is 0.500. The maximum atomic E-state index is 5.96. The van der Waals surface area contributed by atoms with E-state index in [1.165, 1.54) is 6.42 Å². The molecule has 1 aromatic heterocycles. The van der Waals surface area contributed by atoms with Gasteiger partial charge in [-0.25, -0.2) is 0 Å². The largest absolute Gasteiger partial charge is 0.310 e. The fourth-order valence-electron chi connectivity index (χ4n) is 1.39. The van der Waals surface area contributed by atoms with Crippen LogP contribution in [-0.4, -0.2) is 11.0 Å². The molecule has 2 nitrogen and oxygen atoms in total. The molecule has 0 amide bonds. The molecule has 0 aromatic carbocycles. The molecule has 0 spiro atoms. The summed E-state index contributed by atoms with van der Waals surface area (Å²) in [6, 6.07) is 2.66. The Labute approximate surface area is 83.3 Å². The number of hydrogen-bond acceptors (Lipinski definition) is 2. The molecule has 1 saturated carbocycles. The Morgan fingerprint density at radius 3 is 3.08 bits per heavy atom. The molecule has 70 valence electrons. The van der Waals surface area contributed by atoms with Gasteiger partial charge in [0.25, 0.3) is 0 Å². The number of hydrogen-bond donors (Lipinski definition) is 1. The van der Waals surface area contributed by atoms with E-state index in [1.54, 1.807) is 12.4 Å². The predicted octanol–water partition coefficient (Wildman–Crippen LogP) is 2.23. The van der Waals surface area contributed by atoms with Crippen molar-refractivity contribution in [1.29, 1.82) is 0 Å². The first-order valence-corrected chi connectivity index (χ1v) is 4.97. The van der Waals surface area contributed by atoms with Gasteiger partial charge in [0.15, 0.2) is 0 Å². The summed E-state index contributed by atoms with van der Waals surface area (Å²) in [5, 5.41) is 4.20. The van der Waals surface area contributed by atoms with Crippen molar-refractivity contribution in [2.24, 2.45) is 5.92 Å². The molecule has 1 aliphatic carbocycles. The molecular formula is C10H13ClN2. The quantitative estimate of drug-likeness (QED) is 0.802. The van der Waals surface area contributed by atoms with Crippen molar-refractivity contribution < 1.29 is 0 Å². The first kappa shape index (κ1) is 8.97. The highest BCUT2D eigenvalue weighted by atomic mass is 35.5. The molecule has 3 heteroatoms. The minimum Gasteiger partial charge on any atom is -0.310 e. The van der Waals surface area contributed by atoms with Crippen molar-refractivity contribution >= 4 is 11.6 Å². The molecule has 2 rings (SSSR count). The molecule has 13 heavy (non-hydrogen) atoms. The molecule has 0 saturated heterocycles. The lowest BCUT2D eigenvalue weighted by atomic mass is 10.2. The van der Waals surface area contributed by atoms with Crippen LogP contribution in [-0.2, 0) is 6.54 Å². The van der Waals surface area contributed by atoms with Crippen LogP contribution in [0.2, 0.25) is 5.02 Å². The monoisotopic (exact) mass is 196 g/mol. The van der Waals surface area contributed by atoms with Crippen LogP contribution < -0.4 is 5.32 Å². The average Bonchev–Trinajstić information content (AvgIpc) is 2.81. The Kier molecular flexibility index (Phi) is 2.51. The van der Waals surface area contributed by atoms with Crippen LogP contribution in [0.15, 0.2) is 18.5 Å². The molecule has 2 unspecified atom stereocenters. The van der Waals surface area contributed by atoms with Gasteiger partial charge < -0.3 is 5.32 Å². The SMILES string of the molecule is CC1CC1NCc1ccncc1Cl. The third-order valence-electron chi connectivity index (χ3n) is 2.52. The molecule has 0 aliphatic heterocycles. The molecule has 1 fully saturated rings. The van der Waals surface area contributed by atoms with Crippen LogP contribution in [0.4, 0.5) is 0 Å². The topological polar surface area (TPSA) is 24.9 Å². The fourth-order valence-corrected chi connectivity index (χ4v) is 1.58. The van der Waals surface area contributed by atoms with E-state index in [-0.39, 0.29) is 0 Å². The maximum Gasteiger partial charge on any atom is 0.0634 e. The smallest absolute Gasteiger partial charge is 0.0634 e. The summed E-state index contributed by atoms with van der Waals surface area (Å²) in [5.74, 6) is 0.834. The van der Waals surface area contributed by atoms with Gasteiger partial charge in [-0.05, 0) is 24.0 Å². The Morgan fingerprint density at radius 1 is 1.69 bits per heavy atom. The normalized spacial score (nSPS) is 26.0. The van der Waals surface area contributed by atoms with Gasteiger partial charge in [-0.15, -0.1) is 0 Å². The third kappa shape index (κ3) is 2.20. The zero-order valence-electron chi connectivity index (χ0n) is 7.63. The number of halogens is 1. The highest BCUT2D eigenvalue weighted by Crippen LogP contribution is 2.29. The van der Waals surface area contributed by atoms with Gasteiger partial charge in [0.05, 0.1) is 5.02 Å². The van der Waals surface area contributed by atoms with Gasteiger partial charge in [0.2, 0.25) is 0 Å². The van der Waals surface area contributed by atoms with Crippen molar-refractivity contribution in [1.82, 2.24) is 10.3 Å². The average molecular weight is 197 g/mol. The number of nitrogens with zero attached hydrogens (tertiary/aromatic N) is 1. The second-order valence-electron chi connectivity index (χ2n) is 3.67. The van der Waals surface area contributed by atoms with Crippen LogP contribution >= 0.6 is 11.6 Å². The van der Waals surface area contributed by atoms with E-state index in [0.717, 1.165) is 23.0 Å². The Bertz CT molecular complexity index is 301. The number of aromatic nitrogens is 1. The standard InChI is InChI=1S/C10H13ClN2/c1-7-4-10(7)13-5-8-2-3-12-6-9(8)11/h2-3,6-7,10,13H,4-5H2,1H3. The molecule has 1 aliphatic rings. The van der Waals surface area contributed by atoms with Gasteiger partial charge in [0.1, 0.15) is 0 Å². The van der Waals surface area contributed by atoms with Gasteiger partial charge in [-0.1, -0.05) is 18.5 Å². The summed E-state index contributed by atoms with van der Waals surface area (Å²) in [4.78, 5) is 3.94. The first-order valence-electron chi connectivity index (χ1n) is 4.59. The van der Waals surface area contributed by atoms with E-state index >= 15 is 0 Å². The molecular weight excluding hydrogens is 184 g/mol. The highest BCUT2D eigenvalue weighted by Gasteiger charge is 2.31. The number of rotatable bonds is 3. The molecule has 0 bridgehead atoms. The summed E-state index contributed by atoms with van der Waals surface area (Å²) in [6.45, 7) is 3.11. The number of pyridine rings is 1. The summed E-state index contributed by atoms with van der Waals surface area (Å²) >= 11 is 5.96. The molecule has 1 heterocycles. The minimum atomic E-state index is 0.698. The van der Waals surface area contributed by atoms with Crippen molar-refractivity contribution in [2.45, 2.75) is 25.9 Å². The molecule has 1 aromatic rings. The minimum absolute atomic E-state index is 0.698. The Balaban J connectivity index is 1.90. The van der Waals surface area contributed by atoms with Crippen LogP contribution in [0, 0.1) is 5.92 Å². The van der Waals surface area contributed by atoms with Gasteiger partial charge >= 0.3 is 0 Å². The predicted molar refractivity (Wildman–Crippen MR) is 53.7 cm³/mol. The summed E-state index contributed by atoms with van der Waals surface area (Å²) in [7, 11) is 0. The third-order valence-corrected chi connectivity index (χ3v) is 2.86. The highest BCUT2D eigenvalue weighted by molar-refractivity contribution is 6.31. The lowest BCUT2D eigenvalue weighted by Crippen LogP contribution is -2.17. The van der Waals surface area contributed by atoms with Crippen LogP contribution in [0.3, 0.4) is 0 Å². The van der Waals surface area contributed by atoms with Gasteiger partial charge in [0, 0.05) is 25.0 Å². The van der Waals surface area contributed by atoms with Crippen molar-refractivity contribution in [3.8, 4) is 0 Å². The van der Waals surface area contributed by atoms with E-state index in [4.69, 9.17) is 11.6 Å². The molecule has 1 N–H and O–H groups in total. The lowest BCUT2D eigenvalue weighted by Gasteiger charge is -2.04. The van der Waals surface area contributed by atoms with E-state index in [1.807, 2.05) is 6.07 Å². The number of nitrogens with one attached hydrogen (secondary N) is 1. The second-order valence-corrected chi connectivity index (χ2v) is 4.07. The zero-order chi connectivity index (χ0) is 9.26. The van der Waals surface area contributed by atoms with Crippen LogP contribution in [0.1, 0.15) is 18.9 Å². The van der Waals surface area contributed by atoms with E-state index in [2.05, 4.69) is 17.2 Å². The van der Waals surface area contributed by atoms with Crippen LogP contribution in [0.5, 0.6) is 0 Å². The Hall–Kier alpha value is -0.600. The van der Waals surface area contributed by atoms with Crippen molar-refractivity contribution in [2.75, 3.05) is 0 Å². The maximum absolute atomic E-state index is 5.96. The van der Waals surface area contributed by atoms with E-state index < -0.39 is 0 Å². The molecule has 2 atom stereocenters. The van der Waals surface area contributed by atoms with Gasteiger partial charge in [-0.2, -0.15) is 0 Å². The summed E-state index contributed by atoms with van der Waals surface area (Å²) < 4.78 is 0. The summed E-state index contributed by atoms with van der Waals surface area (Å²) in [6.07, 6.45) is 4.76. The Morgan fingerprint density at radius 2 is 2.46 bits per heavy atom. The van der Waals surface area contributed by atoms with Crippen molar-refractivity contribution in [3.63, 3.8) is 0 Å². The van der Waals surface area contributed by atoms with Gasteiger partial charge in [-0.3, -0.25) is 4.98 Å². The zero-order valence-corrected chi connectivity index (χ0v) is 8.38. The van der Waals surface area contributed by atoms with Crippen LogP contribution in [0.25, 0.3) is 0 Å². The second kappa shape index (κ2) is 3.64. The first-order chi connectivity index (χ1) is 6.27. The van der Waals surface area contributed by atoms with E-state index in [0.29, 0.717) is 6.04 Å².